The van der Waals surface area contributed by atoms with E-state index in [-0.39, 0.29) is 6.03 Å². The predicted octanol–water partition coefficient (Wildman–Crippen LogP) is 2.33. The number of carbonyl (C=O) groups excluding carboxylic acids is 2. The molecule has 1 aliphatic rings. The molecule has 1 aromatic carbocycles. The number of hydrogen-bond donors (Lipinski definition) is 2. The Balaban J connectivity index is 1.71. The number of amides is 2. The Morgan fingerprint density at radius 1 is 1.30 bits per heavy atom. The Bertz CT molecular complexity index is 530. The smallest absolute Gasteiger partial charge is 0.337 e. The van der Waals surface area contributed by atoms with E-state index in [1.54, 1.807) is 24.3 Å². The standard InChI is InChI=1S/C17H25N3O3/c1-13-4-3-10-20(12-13)11-9-18-17(22)19-15-7-5-14(6-8-15)16(21)23-2/h5-8,13H,3-4,9-12H2,1-2H3,(H2,18,19,22). The first-order valence-corrected chi connectivity index (χ1v) is 8.04. The van der Waals surface area contributed by atoms with E-state index in [4.69, 9.17) is 0 Å². The lowest BCUT2D eigenvalue weighted by molar-refractivity contribution is 0.0601. The molecule has 0 spiro atoms. The van der Waals surface area contributed by atoms with Gasteiger partial charge in [0.25, 0.3) is 0 Å². The maximum Gasteiger partial charge on any atom is 0.337 e. The van der Waals surface area contributed by atoms with Gasteiger partial charge in [0.1, 0.15) is 0 Å². The fraction of sp³-hybridized carbons (Fsp3) is 0.529. The third-order valence-electron chi connectivity index (χ3n) is 4.02. The van der Waals surface area contributed by atoms with Gasteiger partial charge in [-0.05, 0) is 49.6 Å². The van der Waals surface area contributed by atoms with Crippen molar-refractivity contribution in [3.8, 4) is 0 Å². The molecule has 1 aromatic rings. The lowest BCUT2D eigenvalue weighted by Gasteiger charge is -2.30. The Hall–Kier alpha value is -2.08. The SMILES string of the molecule is COC(=O)c1ccc(NC(=O)NCCN2CCCC(C)C2)cc1. The van der Waals surface area contributed by atoms with Crippen molar-refractivity contribution in [1.29, 1.82) is 0 Å². The number of anilines is 1. The van der Waals surface area contributed by atoms with Crippen molar-refractivity contribution < 1.29 is 14.3 Å². The minimum atomic E-state index is -0.392. The van der Waals surface area contributed by atoms with Crippen LogP contribution in [-0.4, -0.2) is 50.2 Å². The fourth-order valence-electron chi connectivity index (χ4n) is 2.80. The molecule has 6 nitrogen and oxygen atoms in total. The van der Waals surface area contributed by atoms with Gasteiger partial charge in [-0.1, -0.05) is 6.92 Å². The summed E-state index contributed by atoms with van der Waals surface area (Å²) in [4.78, 5) is 25.6. The van der Waals surface area contributed by atoms with Crippen LogP contribution in [0, 0.1) is 5.92 Å². The molecule has 0 aliphatic carbocycles. The number of hydrogen-bond acceptors (Lipinski definition) is 4. The Kier molecular flexibility index (Phi) is 6.40. The molecule has 0 saturated carbocycles. The van der Waals surface area contributed by atoms with Gasteiger partial charge < -0.3 is 20.3 Å². The Morgan fingerprint density at radius 3 is 2.70 bits per heavy atom. The van der Waals surface area contributed by atoms with Crippen LogP contribution < -0.4 is 10.6 Å². The molecule has 0 radical (unpaired) electrons. The number of methoxy groups -OCH3 is 1. The molecular weight excluding hydrogens is 294 g/mol. The van der Waals surface area contributed by atoms with Crippen LogP contribution in [-0.2, 0) is 4.74 Å². The number of likely N-dealkylation sites (tertiary alicyclic amines) is 1. The number of nitrogens with one attached hydrogen (secondary N) is 2. The highest BCUT2D eigenvalue weighted by atomic mass is 16.5. The van der Waals surface area contributed by atoms with E-state index < -0.39 is 5.97 Å². The van der Waals surface area contributed by atoms with E-state index in [2.05, 4.69) is 27.2 Å². The molecule has 0 bridgehead atoms. The third-order valence-corrected chi connectivity index (χ3v) is 4.02. The summed E-state index contributed by atoms with van der Waals surface area (Å²) in [6, 6.07) is 6.37. The van der Waals surface area contributed by atoms with Crippen LogP contribution in [0.5, 0.6) is 0 Å². The van der Waals surface area contributed by atoms with Gasteiger partial charge in [-0.2, -0.15) is 0 Å². The maximum absolute atomic E-state index is 11.9. The number of nitrogens with zero attached hydrogens (tertiary/aromatic N) is 1. The summed E-state index contributed by atoms with van der Waals surface area (Å²) in [5.74, 6) is 0.350. The van der Waals surface area contributed by atoms with E-state index in [1.807, 2.05) is 0 Å². The van der Waals surface area contributed by atoms with Gasteiger partial charge in [-0.3, -0.25) is 0 Å². The van der Waals surface area contributed by atoms with Gasteiger partial charge in [-0.15, -0.1) is 0 Å². The number of urea groups is 1. The van der Waals surface area contributed by atoms with Crippen molar-refractivity contribution in [2.45, 2.75) is 19.8 Å². The molecule has 126 valence electrons. The number of benzene rings is 1. The number of esters is 1. The topological polar surface area (TPSA) is 70.7 Å². The number of rotatable bonds is 5. The van der Waals surface area contributed by atoms with E-state index in [0.29, 0.717) is 17.8 Å². The zero-order valence-electron chi connectivity index (χ0n) is 13.8. The van der Waals surface area contributed by atoms with Gasteiger partial charge in [0.15, 0.2) is 0 Å². The molecule has 2 amide bonds. The Morgan fingerprint density at radius 2 is 2.04 bits per heavy atom. The van der Waals surface area contributed by atoms with Crippen LogP contribution in [0.4, 0.5) is 10.5 Å². The van der Waals surface area contributed by atoms with E-state index in [1.165, 1.54) is 20.0 Å². The van der Waals surface area contributed by atoms with Gasteiger partial charge in [-0.25, -0.2) is 9.59 Å². The van der Waals surface area contributed by atoms with Crippen LogP contribution in [0.25, 0.3) is 0 Å². The van der Waals surface area contributed by atoms with Gasteiger partial charge in [0, 0.05) is 25.3 Å². The fourth-order valence-corrected chi connectivity index (χ4v) is 2.80. The summed E-state index contributed by atoms with van der Waals surface area (Å²) in [5, 5.41) is 5.61. The summed E-state index contributed by atoms with van der Waals surface area (Å²) in [7, 11) is 1.34. The second-order valence-electron chi connectivity index (χ2n) is 6.00. The minimum absolute atomic E-state index is 0.235. The molecular formula is C17H25N3O3. The first kappa shape index (κ1) is 17.3. The summed E-state index contributed by atoms with van der Waals surface area (Å²) in [6.45, 7) is 5.99. The van der Waals surface area contributed by atoms with Crippen molar-refractivity contribution >= 4 is 17.7 Å². The van der Waals surface area contributed by atoms with Crippen molar-refractivity contribution in [2.24, 2.45) is 5.92 Å². The molecule has 1 heterocycles. The molecule has 1 saturated heterocycles. The lowest BCUT2D eigenvalue weighted by Crippen LogP contribution is -2.41. The van der Waals surface area contributed by atoms with Crippen molar-refractivity contribution in [1.82, 2.24) is 10.2 Å². The highest BCUT2D eigenvalue weighted by molar-refractivity contribution is 5.92. The largest absolute Gasteiger partial charge is 0.465 e. The summed E-state index contributed by atoms with van der Waals surface area (Å²) >= 11 is 0. The first-order chi connectivity index (χ1) is 11.1. The summed E-state index contributed by atoms with van der Waals surface area (Å²) in [5.41, 5.74) is 1.10. The van der Waals surface area contributed by atoms with E-state index in [9.17, 15) is 9.59 Å². The quantitative estimate of drug-likeness (QED) is 0.817. The molecule has 1 atom stereocenters. The zero-order chi connectivity index (χ0) is 16.7. The maximum atomic E-state index is 11.9. The molecule has 1 fully saturated rings. The zero-order valence-corrected chi connectivity index (χ0v) is 13.8. The van der Waals surface area contributed by atoms with Crippen LogP contribution in [0.3, 0.4) is 0 Å². The summed E-state index contributed by atoms with van der Waals surface area (Å²) < 4.78 is 4.63. The predicted molar refractivity (Wildman–Crippen MR) is 89.6 cm³/mol. The second-order valence-corrected chi connectivity index (χ2v) is 6.00. The van der Waals surface area contributed by atoms with Crippen LogP contribution in [0.1, 0.15) is 30.1 Å². The monoisotopic (exact) mass is 319 g/mol. The molecule has 2 N–H and O–H groups in total. The van der Waals surface area contributed by atoms with Crippen LogP contribution in [0.15, 0.2) is 24.3 Å². The number of carbonyl (C=O) groups is 2. The molecule has 6 heteroatoms. The van der Waals surface area contributed by atoms with E-state index >= 15 is 0 Å². The average molecular weight is 319 g/mol. The molecule has 1 aliphatic heterocycles. The molecule has 2 rings (SSSR count). The Labute approximate surface area is 137 Å². The highest BCUT2D eigenvalue weighted by Crippen LogP contribution is 2.14. The number of piperidine rings is 1. The average Bonchev–Trinajstić information content (AvgIpc) is 2.55. The molecule has 23 heavy (non-hydrogen) atoms. The summed E-state index contributed by atoms with van der Waals surface area (Å²) in [6.07, 6.45) is 2.53. The van der Waals surface area contributed by atoms with Gasteiger partial charge in [0.05, 0.1) is 12.7 Å². The normalized spacial score (nSPS) is 18.3. The van der Waals surface area contributed by atoms with Gasteiger partial charge in [0.2, 0.25) is 0 Å². The minimum Gasteiger partial charge on any atom is -0.465 e. The second kappa shape index (κ2) is 8.53. The van der Waals surface area contributed by atoms with Crippen molar-refractivity contribution in [3.05, 3.63) is 29.8 Å². The van der Waals surface area contributed by atoms with Crippen molar-refractivity contribution in [3.63, 3.8) is 0 Å². The third kappa shape index (κ3) is 5.56. The highest BCUT2D eigenvalue weighted by Gasteiger charge is 2.15. The number of ether oxygens (including phenoxy) is 1. The van der Waals surface area contributed by atoms with Gasteiger partial charge >= 0.3 is 12.0 Å². The van der Waals surface area contributed by atoms with Crippen LogP contribution >= 0.6 is 0 Å². The lowest BCUT2D eigenvalue weighted by atomic mass is 10.0. The molecule has 1 unspecified atom stereocenters. The van der Waals surface area contributed by atoms with Crippen molar-refractivity contribution in [2.75, 3.05) is 38.6 Å². The first-order valence-electron chi connectivity index (χ1n) is 8.04. The molecule has 0 aromatic heterocycles. The van der Waals surface area contributed by atoms with Crippen LogP contribution in [0.2, 0.25) is 0 Å². The van der Waals surface area contributed by atoms with E-state index in [0.717, 1.165) is 25.6 Å².